The van der Waals surface area contributed by atoms with Crippen molar-refractivity contribution in [3.05, 3.63) is 21.9 Å². The minimum Gasteiger partial charge on any atom is -0.308 e. The molecule has 0 spiro atoms. The van der Waals surface area contributed by atoms with Crippen LogP contribution in [0.2, 0.25) is 0 Å². The lowest BCUT2D eigenvalue weighted by molar-refractivity contribution is 0.349. The minimum atomic E-state index is 0.548. The summed E-state index contributed by atoms with van der Waals surface area (Å²) in [6.07, 6.45) is 1.15. The molecule has 1 aromatic rings. The zero-order chi connectivity index (χ0) is 11.3. The van der Waals surface area contributed by atoms with Gasteiger partial charge in [-0.05, 0) is 39.6 Å². The van der Waals surface area contributed by atoms with Crippen molar-refractivity contribution in [1.82, 2.24) is 10.2 Å². The third-order valence-electron chi connectivity index (χ3n) is 2.33. The summed E-state index contributed by atoms with van der Waals surface area (Å²) >= 11 is 1.92. The third kappa shape index (κ3) is 4.78. The molecule has 1 rings (SSSR count). The van der Waals surface area contributed by atoms with Gasteiger partial charge in [0, 0.05) is 28.9 Å². The highest BCUT2D eigenvalue weighted by atomic mass is 32.1. The van der Waals surface area contributed by atoms with Gasteiger partial charge in [-0.3, -0.25) is 0 Å². The Hall–Kier alpha value is -0.380. The number of nitrogens with zero attached hydrogens (tertiary/aromatic N) is 1. The summed E-state index contributed by atoms with van der Waals surface area (Å²) in [6, 6.07) is 5.02. The number of aryl methyl sites for hydroxylation is 1. The normalized spacial score (nSPS) is 13.4. The number of thiophene rings is 1. The summed E-state index contributed by atoms with van der Waals surface area (Å²) < 4.78 is 0. The third-order valence-corrected chi connectivity index (χ3v) is 3.56. The van der Waals surface area contributed by atoms with E-state index in [1.54, 1.807) is 0 Å². The second-order valence-corrected chi connectivity index (χ2v) is 5.52. The van der Waals surface area contributed by atoms with Crippen LogP contribution in [0.1, 0.15) is 23.6 Å². The molecule has 1 atom stereocenters. The number of likely N-dealkylation sites (N-methyl/N-ethyl adjacent to an activating group) is 1. The molecule has 2 nitrogen and oxygen atoms in total. The van der Waals surface area contributed by atoms with Gasteiger partial charge in [0.1, 0.15) is 0 Å². The molecule has 3 heteroatoms. The molecule has 86 valence electrons. The number of hydrogen-bond donors (Lipinski definition) is 1. The van der Waals surface area contributed by atoms with Gasteiger partial charge in [-0.25, -0.2) is 0 Å². The lowest BCUT2D eigenvalue weighted by atomic mass is 10.3. The van der Waals surface area contributed by atoms with Gasteiger partial charge >= 0.3 is 0 Å². The molecule has 1 N–H and O–H groups in total. The molecule has 1 unspecified atom stereocenters. The van der Waals surface area contributed by atoms with E-state index in [2.05, 4.69) is 50.3 Å². The zero-order valence-electron chi connectivity index (χ0n) is 10.2. The van der Waals surface area contributed by atoms with Crippen molar-refractivity contribution in [2.24, 2.45) is 0 Å². The monoisotopic (exact) mass is 226 g/mol. The van der Waals surface area contributed by atoms with Crippen LogP contribution in [0.25, 0.3) is 0 Å². The van der Waals surface area contributed by atoms with E-state index < -0.39 is 0 Å². The standard InChI is InChI=1S/C12H22N2S/c1-5-11-6-7-12(15-11)8-13-10(2)9-14(3)4/h6-7,10,13H,5,8-9H2,1-4H3. The summed E-state index contributed by atoms with van der Waals surface area (Å²) in [6.45, 7) is 6.53. The van der Waals surface area contributed by atoms with E-state index in [1.165, 1.54) is 9.75 Å². The quantitative estimate of drug-likeness (QED) is 0.801. The van der Waals surface area contributed by atoms with Crippen LogP contribution in [0.15, 0.2) is 12.1 Å². The summed E-state index contributed by atoms with van der Waals surface area (Å²) in [5, 5.41) is 3.54. The summed E-state index contributed by atoms with van der Waals surface area (Å²) in [4.78, 5) is 5.13. The molecule has 15 heavy (non-hydrogen) atoms. The van der Waals surface area contributed by atoms with Crippen LogP contribution in [0.3, 0.4) is 0 Å². The van der Waals surface area contributed by atoms with Gasteiger partial charge in [0.05, 0.1) is 0 Å². The van der Waals surface area contributed by atoms with E-state index in [0.29, 0.717) is 6.04 Å². The Morgan fingerprint density at radius 3 is 2.53 bits per heavy atom. The predicted molar refractivity (Wildman–Crippen MR) is 68.6 cm³/mol. The zero-order valence-corrected chi connectivity index (χ0v) is 11.0. The fourth-order valence-electron chi connectivity index (χ4n) is 1.59. The van der Waals surface area contributed by atoms with Gasteiger partial charge in [-0.2, -0.15) is 0 Å². The van der Waals surface area contributed by atoms with E-state index in [0.717, 1.165) is 19.5 Å². The van der Waals surface area contributed by atoms with Crippen molar-refractivity contribution in [3.63, 3.8) is 0 Å². The summed E-state index contributed by atoms with van der Waals surface area (Å²) in [5.74, 6) is 0. The second-order valence-electron chi connectivity index (χ2n) is 4.27. The highest BCUT2D eigenvalue weighted by Crippen LogP contribution is 2.16. The Labute approximate surface area is 97.3 Å². The van der Waals surface area contributed by atoms with Crippen LogP contribution >= 0.6 is 11.3 Å². The molecule has 0 fully saturated rings. The van der Waals surface area contributed by atoms with Crippen LogP contribution in [-0.2, 0) is 13.0 Å². The highest BCUT2D eigenvalue weighted by molar-refractivity contribution is 7.11. The number of nitrogens with one attached hydrogen (secondary N) is 1. The van der Waals surface area contributed by atoms with E-state index >= 15 is 0 Å². The molecule has 1 heterocycles. The van der Waals surface area contributed by atoms with Crippen molar-refractivity contribution < 1.29 is 0 Å². The van der Waals surface area contributed by atoms with E-state index in [-0.39, 0.29) is 0 Å². The molecular formula is C12H22N2S. The molecule has 0 aliphatic rings. The van der Waals surface area contributed by atoms with E-state index in [4.69, 9.17) is 0 Å². The lowest BCUT2D eigenvalue weighted by Crippen LogP contribution is -2.35. The van der Waals surface area contributed by atoms with Gasteiger partial charge in [0.25, 0.3) is 0 Å². The van der Waals surface area contributed by atoms with Gasteiger partial charge < -0.3 is 10.2 Å². The molecule has 0 aliphatic carbocycles. The molecular weight excluding hydrogens is 204 g/mol. The van der Waals surface area contributed by atoms with Gasteiger partial charge in [0.15, 0.2) is 0 Å². The van der Waals surface area contributed by atoms with Gasteiger partial charge in [0.2, 0.25) is 0 Å². The Balaban J connectivity index is 2.30. The fraction of sp³-hybridized carbons (Fsp3) is 0.667. The first kappa shape index (κ1) is 12.7. The van der Waals surface area contributed by atoms with Crippen LogP contribution in [-0.4, -0.2) is 31.6 Å². The Bertz CT molecular complexity index is 281. The highest BCUT2D eigenvalue weighted by Gasteiger charge is 2.04. The van der Waals surface area contributed by atoms with E-state index in [9.17, 15) is 0 Å². The molecule has 0 aromatic carbocycles. The van der Waals surface area contributed by atoms with Crippen LogP contribution in [0.4, 0.5) is 0 Å². The van der Waals surface area contributed by atoms with Crippen LogP contribution < -0.4 is 5.32 Å². The molecule has 0 saturated carbocycles. The van der Waals surface area contributed by atoms with Crippen molar-refractivity contribution in [2.75, 3.05) is 20.6 Å². The van der Waals surface area contributed by atoms with Crippen molar-refractivity contribution in [1.29, 1.82) is 0 Å². The van der Waals surface area contributed by atoms with E-state index in [1.807, 2.05) is 11.3 Å². The largest absolute Gasteiger partial charge is 0.308 e. The Morgan fingerprint density at radius 2 is 2.00 bits per heavy atom. The average molecular weight is 226 g/mol. The molecule has 0 radical (unpaired) electrons. The fourth-order valence-corrected chi connectivity index (χ4v) is 2.50. The number of hydrogen-bond acceptors (Lipinski definition) is 3. The van der Waals surface area contributed by atoms with Gasteiger partial charge in [-0.15, -0.1) is 11.3 Å². The first-order valence-electron chi connectivity index (χ1n) is 5.57. The SMILES string of the molecule is CCc1ccc(CNC(C)CN(C)C)s1. The lowest BCUT2D eigenvalue weighted by Gasteiger charge is -2.17. The van der Waals surface area contributed by atoms with Crippen molar-refractivity contribution >= 4 is 11.3 Å². The molecule has 1 aromatic heterocycles. The Morgan fingerprint density at radius 1 is 1.33 bits per heavy atom. The summed E-state index contributed by atoms with van der Waals surface area (Å²) in [7, 11) is 4.22. The first-order chi connectivity index (χ1) is 7.11. The molecule has 0 aliphatic heterocycles. The maximum Gasteiger partial charge on any atom is 0.0302 e. The van der Waals surface area contributed by atoms with Crippen LogP contribution in [0.5, 0.6) is 0 Å². The minimum absolute atomic E-state index is 0.548. The van der Waals surface area contributed by atoms with Crippen molar-refractivity contribution in [3.8, 4) is 0 Å². The van der Waals surface area contributed by atoms with Gasteiger partial charge in [-0.1, -0.05) is 6.92 Å². The molecule has 0 saturated heterocycles. The molecule has 0 bridgehead atoms. The van der Waals surface area contributed by atoms with Crippen molar-refractivity contribution in [2.45, 2.75) is 32.9 Å². The predicted octanol–water partition coefficient (Wildman–Crippen LogP) is 2.35. The smallest absolute Gasteiger partial charge is 0.0302 e. The average Bonchev–Trinajstić information content (AvgIpc) is 2.61. The topological polar surface area (TPSA) is 15.3 Å². The second kappa shape index (κ2) is 6.26. The Kier molecular flexibility index (Phi) is 5.29. The molecule has 0 amide bonds. The maximum atomic E-state index is 3.54. The summed E-state index contributed by atoms with van der Waals surface area (Å²) in [5.41, 5.74) is 0. The first-order valence-corrected chi connectivity index (χ1v) is 6.39. The van der Waals surface area contributed by atoms with Crippen LogP contribution in [0, 0.1) is 0 Å². The maximum absolute atomic E-state index is 3.54. The number of rotatable bonds is 6.